The van der Waals surface area contributed by atoms with Gasteiger partial charge in [-0.05, 0) is 31.2 Å². The van der Waals surface area contributed by atoms with E-state index < -0.39 is 24.1 Å². The minimum Gasteiger partial charge on any atom is -0.477 e. The van der Waals surface area contributed by atoms with Crippen LogP contribution in [0.4, 0.5) is 10.5 Å². The van der Waals surface area contributed by atoms with Crippen molar-refractivity contribution in [3.63, 3.8) is 0 Å². The van der Waals surface area contributed by atoms with Crippen LogP contribution in [0.25, 0.3) is 0 Å². The van der Waals surface area contributed by atoms with Gasteiger partial charge in [0, 0.05) is 7.05 Å². The third kappa shape index (κ3) is 4.11. The van der Waals surface area contributed by atoms with E-state index in [-0.39, 0.29) is 31.2 Å². The van der Waals surface area contributed by atoms with E-state index in [0.29, 0.717) is 17.2 Å². The van der Waals surface area contributed by atoms with Gasteiger partial charge in [0.1, 0.15) is 17.6 Å². The van der Waals surface area contributed by atoms with Gasteiger partial charge in [0.15, 0.2) is 6.10 Å². The second-order valence-corrected chi connectivity index (χ2v) is 7.23. The molecule has 0 spiro atoms. The second-order valence-electron chi connectivity index (χ2n) is 7.23. The molecule has 0 saturated heterocycles. The molecule has 2 aliphatic heterocycles. The topological polar surface area (TPSA) is 122 Å². The Labute approximate surface area is 184 Å². The SMILES string of the molecule is CCOC(=O)C1=C(CN2C[C@H](C(=O)NC)Oc3ccccc32)NC(=O)N[C@@H]1c1ccco1. The number of nitrogens with one attached hydrogen (secondary N) is 3. The van der Waals surface area contributed by atoms with Crippen LogP contribution in [0.2, 0.25) is 0 Å². The molecule has 4 rings (SSSR count). The predicted molar refractivity (Wildman–Crippen MR) is 114 cm³/mol. The van der Waals surface area contributed by atoms with Crippen LogP contribution in [-0.4, -0.2) is 50.8 Å². The van der Waals surface area contributed by atoms with Gasteiger partial charge in [0.25, 0.3) is 5.91 Å². The number of anilines is 1. The number of hydrogen-bond donors (Lipinski definition) is 3. The van der Waals surface area contributed by atoms with E-state index in [1.165, 1.54) is 6.26 Å². The fraction of sp³-hybridized carbons (Fsp3) is 0.318. The molecule has 3 amide bonds. The van der Waals surface area contributed by atoms with Gasteiger partial charge < -0.3 is 34.7 Å². The summed E-state index contributed by atoms with van der Waals surface area (Å²) < 4.78 is 16.6. The molecule has 2 aliphatic rings. The fourth-order valence-electron chi connectivity index (χ4n) is 3.81. The molecular formula is C22H24N4O6. The molecule has 1 aromatic carbocycles. The maximum atomic E-state index is 12.9. The minimum absolute atomic E-state index is 0.145. The Balaban J connectivity index is 1.75. The number of carbonyl (C=O) groups is 3. The van der Waals surface area contributed by atoms with Crippen LogP contribution in [0.3, 0.4) is 0 Å². The van der Waals surface area contributed by atoms with Crippen molar-refractivity contribution < 1.29 is 28.3 Å². The van der Waals surface area contributed by atoms with Gasteiger partial charge >= 0.3 is 12.0 Å². The lowest BCUT2D eigenvalue weighted by Gasteiger charge is -2.37. The van der Waals surface area contributed by atoms with Gasteiger partial charge in [-0.25, -0.2) is 9.59 Å². The highest BCUT2D eigenvalue weighted by molar-refractivity contribution is 5.95. The number of benzene rings is 1. The van der Waals surface area contributed by atoms with Crippen LogP contribution in [0.15, 0.2) is 58.3 Å². The lowest BCUT2D eigenvalue weighted by atomic mass is 9.99. The van der Waals surface area contributed by atoms with Gasteiger partial charge in [-0.2, -0.15) is 0 Å². The highest BCUT2D eigenvalue weighted by Gasteiger charge is 2.37. The molecule has 2 aromatic rings. The Morgan fingerprint density at radius 1 is 1.25 bits per heavy atom. The number of fused-ring (bicyclic) bond motifs is 1. The molecule has 0 bridgehead atoms. The number of nitrogens with zero attached hydrogens (tertiary/aromatic N) is 1. The van der Waals surface area contributed by atoms with Crippen LogP contribution in [-0.2, 0) is 14.3 Å². The zero-order valence-electron chi connectivity index (χ0n) is 17.7. The van der Waals surface area contributed by atoms with Crippen molar-refractivity contribution in [1.29, 1.82) is 0 Å². The van der Waals surface area contributed by atoms with E-state index in [0.717, 1.165) is 5.69 Å². The molecule has 3 heterocycles. The number of carbonyl (C=O) groups excluding carboxylic acids is 3. The standard InChI is InChI=1S/C22H24N4O6/c1-3-30-21(28)18-13(24-22(29)25-19(18)16-9-6-10-31-16)11-26-12-17(20(27)23-2)32-15-8-5-4-7-14(15)26/h4-10,17,19H,3,11-12H2,1-2H3,(H,23,27)(H2,24,25,29)/t17-,19-/m1/s1. The van der Waals surface area contributed by atoms with Crippen molar-refractivity contribution in [2.75, 3.05) is 31.6 Å². The van der Waals surface area contributed by atoms with Crippen LogP contribution in [0, 0.1) is 0 Å². The summed E-state index contributed by atoms with van der Waals surface area (Å²) in [5.41, 5.74) is 1.34. The molecule has 2 atom stereocenters. The molecule has 0 unspecified atom stereocenters. The zero-order valence-corrected chi connectivity index (χ0v) is 17.7. The predicted octanol–water partition coefficient (Wildman–Crippen LogP) is 1.46. The smallest absolute Gasteiger partial charge is 0.338 e. The van der Waals surface area contributed by atoms with Crippen LogP contribution in [0.5, 0.6) is 5.75 Å². The molecule has 1 aromatic heterocycles. The average Bonchev–Trinajstić information content (AvgIpc) is 3.33. The Morgan fingerprint density at radius 3 is 2.78 bits per heavy atom. The van der Waals surface area contributed by atoms with E-state index in [1.807, 2.05) is 23.1 Å². The number of esters is 1. The van der Waals surface area contributed by atoms with Crippen molar-refractivity contribution in [3.8, 4) is 5.75 Å². The summed E-state index contributed by atoms with van der Waals surface area (Å²) in [4.78, 5) is 39.5. The third-order valence-electron chi connectivity index (χ3n) is 5.23. The second kappa shape index (κ2) is 9.04. The number of para-hydroxylation sites is 2. The summed E-state index contributed by atoms with van der Waals surface area (Å²) >= 11 is 0. The number of hydrogen-bond acceptors (Lipinski definition) is 7. The number of ether oxygens (including phenoxy) is 2. The average molecular weight is 440 g/mol. The lowest BCUT2D eigenvalue weighted by molar-refractivity contribution is -0.139. The Bertz CT molecular complexity index is 1050. The molecule has 0 saturated carbocycles. The summed E-state index contributed by atoms with van der Waals surface area (Å²) in [5, 5.41) is 8.06. The first-order valence-corrected chi connectivity index (χ1v) is 10.2. The number of likely N-dealkylation sites (N-methyl/N-ethyl adjacent to an activating group) is 1. The lowest BCUT2D eigenvalue weighted by Crippen LogP contribution is -2.52. The largest absolute Gasteiger partial charge is 0.477 e. The van der Waals surface area contributed by atoms with Crippen molar-refractivity contribution in [2.45, 2.75) is 19.1 Å². The number of urea groups is 1. The summed E-state index contributed by atoms with van der Waals surface area (Å²) in [7, 11) is 1.54. The highest BCUT2D eigenvalue weighted by atomic mass is 16.5. The summed E-state index contributed by atoms with van der Waals surface area (Å²) in [6.07, 6.45) is 0.720. The zero-order chi connectivity index (χ0) is 22.7. The number of amides is 3. The monoisotopic (exact) mass is 440 g/mol. The van der Waals surface area contributed by atoms with Gasteiger partial charge in [0.05, 0.1) is 42.9 Å². The molecule has 10 heteroatoms. The first-order chi connectivity index (χ1) is 15.5. The summed E-state index contributed by atoms with van der Waals surface area (Å²) in [6.45, 7) is 2.26. The quantitative estimate of drug-likeness (QED) is 0.582. The van der Waals surface area contributed by atoms with Crippen LogP contribution < -0.4 is 25.6 Å². The number of rotatable bonds is 6. The maximum absolute atomic E-state index is 12.9. The highest BCUT2D eigenvalue weighted by Crippen LogP contribution is 2.35. The molecule has 0 aliphatic carbocycles. The summed E-state index contributed by atoms with van der Waals surface area (Å²) in [6, 6.07) is 9.36. The Kier molecular flexibility index (Phi) is 6.02. The molecule has 0 radical (unpaired) electrons. The molecular weight excluding hydrogens is 416 g/mol. The van der Waals surface area contributed by atoms with Crippen LogP contribution in [0.1, 0.15) is 18.7 Å². The van der Waals surface area contributed by atoms with Crippen molar-refractivity contribution in [1.82, 2.24) is 16.0 Å². The minimum atomic E-state index is -0.807. The third-order valence-corrected chi connectivity index (χ3v) is 5.23. The molecule has 3 N–H and O–H groups in total. The van der Waals surface area contributed by atoms with Gasteiger partial charge in [-0.15, -0.1) is 0 Å². The van der Waals surface area contributed by atoms with E-state index in [9.17, 15) is 14.4 Å². The van der Waals surface area contributed by atoms with Gasteiger partial charge in [0.2, 0.25) is 0 Å². The van der Waals surface area contributed by atoms with E-state index in [1.54, 1.807) is 32.2 Å². The van der Waals surface area contributed by atoms with Crippen LogP contribution >= 0.6 is 0 Å². The maximum Gasteiger partial charge on any atom is 0.338 e. The Morgan fingerprint density at radius 2 is 2.06 bits per heavy atom. The van der Waals surface area contributed by atoms with Crippen molar-refractivity contribution in [3.05, 3.63) is 59.7 Å². The van der Waals surface area contributed by atoms with Crippen molar-refractivity contribution >= 4 is 23.6 Å². The first-order valence-electron chi connectivity index (χ1n) is 10.2. The molecule has 0 fully saturated rings. The first kappa shape index (κ1) is 21.3. The normalized spacial score (nSPS) is 19.9. The molecule has 10 nitrogen and oxygen atoms in total. The fourth-order valence-corrected chi connectivity index (χ4v) is 3.81. The summed E-state index contributed by atoms with van der Waals surface area (Å²) in [5.74, 6) is 0.104. The van der Waals surface area contributed by atoms with E-state index in [2.05, 4.69) is 16.0 Å². The van der Waals surface area contributed by atoms with Gasteiger partial charge in [-0.1, -0.05) is 12.1 Å². The van der Waals surface area contributed by atoms with Crippen molar-refractivity contribution in [2.24, 2.45) is 0 Å². The van der Waals surface area contributed by atoms with Gasteiger partial charge in [-0.3, -0.25) is 4.79 Å². The molecule has 32 heavy (non-hydrogen) atoms. The number of furan rings is 1. The molecule has 168 valence electrons. The van der Waals surface area contributed by atoms with E-state index in [4.69, 9.17) is 13.9 Å². The van der Waals surface area contributed by atoms with E-state index >= 15 is 0 Å². The Hall–Kier alpha value is -3.95.